The topological polar surface area (TPSA) is 12.5 Å². The molecule has 1 aliphatic heterocycles. The molecule has 0 radical (unpaired) electrons. The van der Waals surface area contributed by atoms with Gasteiger partial charge in [0.2, 0.25) is 0 Å². The van der Waals surface area contributed by atoms with Crippen LogP contribution in [0.1, 0.15) is 51.2 Å². The number of piperidine rings is 1. The summed E-state index contributed by atoms with van der Waals surface area (Å²) in [6, 6.07) is 12.1. The van der Waals surface area contributed by atoms with Gasteiger partial charge in [0.15, 0.2) is 0 Å². The molecule has 0 aliphatic carbocycles. The van der Waals surface area contributed by atoms with Crippen molar-refractivity contribution in [2.45, 2.75) is 59.0 Å². The van der Waals surface area contributed by atoms with Crippen molar-refractivity contribution in [1.29, 1.82) is 0 Å². The van der Waals surface area contributed by atoms with Crippen LogP contribution in [-0.4, -0.2) is 24.6 Å². The Morgan fingerprint density at radius 3 is 2.63 bits per heavy atom. The maximum atomic E-state index is 14.7. The van der Waals surface area contributed by atoms with Crippen molar-refractivity contribution in [1.82, 2.24) is 4.90 Å². The summed E-state index contributed by atoms with van der Waals surface area (Å²) in [4.78, 5) is 2.54. The third kappa shape index (κ3) is 4.90. The van der Waals surface area contributed by atoms with Crippen LogP contribution in [0.25, 0.3) is 11.1 Å². The number of methoxy groups -OCH3 is 1. The standard InChI is InChI=1S/C24H32FNO/c1-17(2)13-19-8-10-22(23-15-21(27-4)9-11-24(23)25)20(14-19)16-26-12-6-5-7-18(26)3/h8-11,14-15,17-18H,5-7,12-13,16H2,1-4H3/t18-/m0/s1. The van der Waals surface area contributed by atoms with E-state index in [0.717, 1.165) is 25.1 Å². The van der Waals surface area contributed by atoms with E-state index in [-0.39, 0.29) is 5.82 Å². The molecule has 3 heteroatoms. The van der Waals surface area contributed by atoms with Gasteiger partial charge in [-0.05, 0) is 73.5 Å². The summed E-state index contributed by atoms with van der Waals surface area (Å²) in [5.41, 5.74) is 4.16. The number of benzene rings is 2. The van der Waals surface area contributed by atoms with Crippen molar-refractivity contribution >= 4 is 0 Å². The lowest BCUT2D eigenvalue weighted by Gasteiger charge is -2.34. The number of likely N-dealkylation sites (tertiary alicyclic amines) is 1. The minimum absolute atomic E-state index is 0.194. The molecular formula is C24H32FNO. The Morgan fingerprint density at radius 1 is 1.11 bits per heavy atom. The smallest absolute Gasteiger partial charge is 0.131 e. The second-order valence-corrected chi connectivity index (χ2v) is 8.25. The van der Waals surface area contributed by atoms with Gasteiger partial charge < -0.3 is 4.74 Å². The van der Waals surface area contributed by atoms with Gasteiger partial charge in [-0.15, -0.1) is 0 Å². The molecule has 1 heterocycles. The predicted octanol–water partition coefficient (Wildman–Crippen LogP) is 6.07. The summed E-state index contributed by atoms with van der Waals surface area (Å²) in [5.74, 6) is 1.10. The molecule has 0 bridgehead atoms. The second-order valence-electron chi connectivity index (χ2n) is 8.25. The van der Waals surface area contributed by atoms with Crippen molar-refractivity contribution in [3.8, 4) is 16.9 Å². The van der Waals surface area contributed by atoms with Crippen molar-refractivity contribution < 1.29 is 9.13 Å². The molecule has 1 atom stereocenters. The molecule has 146 valence electrons. The van der Waals surface area contributed by atoms with Crippen LogP contribution in [0.4, 0.5) is 4.39 Å². The summed E-state index contributed by atoms with van der Waals surface area (Å²) in [7, 11) is 1.62. The Hall–Kier alpha value is -1.87. The number of hydrogen-bond acceptors (Lipinski definition) is 2. The SMILES string of the molecule is COc1ccc(F)c(-c2ccc(CC(C)C)cc2CN2CCCC[C@@H]2C)c1. The molecule has 1 fully saturated rings. The Morgan fingerprint density at radius 2 is 1.93 bits per heavy atom. The van der Waals surface area contributed by atoms with Crippen LogP contribution in [-0.2, 0) is 13.0 Å². The van der Waals surface area contributed by atoms with Crippen LogP contribution in [0.2, 0.25) is 0 Å². The molecule has 0 saturated carbocycles. The fourth-order valence-corrected chi connectivity index (χ4v) is 4.09. The Kier molecular flexibility index (Phi) is 6.54. The number of halogens is 1. The third-order valence-electron chi connectivity index (χ3n) is 5.59. The van der Waals surface area contributed by atoms with Gasteiger partial charge in [0.1, 0.15) is 11.6 Å². The molecule has 0 unspecified atom stereocenters. The van der Waals surface area contributed by atoms with Crippen LogP contribution in [0.5, 0.6) is 5.75 Å². The van der Waals surface area contributed by atoms with Gasteiger partial charge in [-0.3, -0.25) is 4.90 Å². The normalized spacial score (nSPS) is 18.1. The van der Waals surface area contributed by atoms with Gasteiger partial charge in [-0.1, -0.05) is 38.5 Å². The van der Waals surface area contributed by atoms with Crippen LogP contribution in [0.3, 0.4) is 0 Å². The molecule has 0 aromatic heterocycles. The van der Waals surface area contributed by atoms with Gasteiger partial charge in [0, 0.05) is 18.2 Å². The van der Waals surface area contributed by atoms with Crippen molar-refractivity contribution in [3.05, 3.63) is 53.3 Å². The predicted molar refractivity (Wildman–Crippen MR) is 111 cm³/mol. The number of ether oxygens (including phenoxy) is 1. The Labute approximate surface area is 163 Å². The van der Waals surface area contributed by atoms with E-state index in [4.69, 9.17) is 4.74 Å². The minimum Gasteiger partial charge on any atom is -0.497 e. The minimum atomic E-state index is -0.194. The van der Waals surface area contributed by atoms with Gasteiger partial charge in [0.05, 0.1) is 7.11 Å². The molecule has 2 aromatic rings. The van der Waals surface area contributed by atoms with Crippen LogP contribution in [0.15, 0.2) is 36.4 Å². The summed E-state index contributed by atoms with van der Waals surface area (Å²) in [6.45, 7) is 8.78. The lowest BCUT2D eigenvalue weighted by molar-refractivity contribution is 0.153. The number of nitrogens with zero attached hydrogens (tertiary/aromatic N) is 1. The zero-order valence-electron chi connectivity index (χ0n) is 17.1. The molecular weight excluding hydrogens is 337 g/mol. The Balaban J connectivity index is 2.01. The first-order chi connectivity index (χ1) is 13.0. The highest BCUT2D eigenvalue weighted by Crippen LogP contribution is 2.32. The molecule has 2 nitrogen and oxygen atoms in total. The molecule has 2 aromatic carbocycles. The van der Waals surface area contributed by atoms with Gasteiger partial charge in [-0.25, -0.2) is 4.39 Å². The first kappa shape index (κ1) is 19.9. The average Bonchev–Trinajstić information content (AvgIpc) is 2.64. The quantitative estimate of drug-likeness (QED) is 0.612. The van der Waals surface area contributed by atoms with E-state index in [1.54, 1.807) is 13.2 Å². The molecule has 0 amide bonds. The van der Waals surface area contributed by atoms with E-state index in [1.165, 1.54) is 36.5 Å². The fourth-order valence-electron chi connectivity index (χ4n) is 4.09. The van der Waals surface area contributed by atoms with Gasteiger partial charge in [-0.2, -0.15) is 0 Å². The highest BCUT2D eigenvalue weighted by molar-refractivity contribution is 5.70. The zero-order valence-corrected chi connectivity index (χ0v) is 17.1. The lowest BCUT2D eigenvalue weighted by atomic mass is 9.92. The van der Waals surface area contributed by atoms with Crippen molar-refractivity contribution in [3.63, 3.8) is 0 Å². The zero-order chi connectivity index (χ0) is 19.4. The molecule has 0 spiro atoms. The molecule has 27 heavy (non-hydrogen) atoms. The molecule has 3 rings (SSSR count). The highest BCUT2D eigenvalue weighted by Gasteiger charge is 2.21. The maximum absolute atomic E-state index is 14.7. The summed E-state index contributed by atoms with van der Waals surface area (Å²) in [6.07, 6.45) is 4.85. The van der Waals surface area contributed by atoms with E-state index < -0.39 is 0 Å². The first-order valence-electron chi connectivity index (χ1n) is 10.2. The fraction of sp³-hybridized carbons (Fsp3) is 0.500. The maximum Gasteiger partial charge on any atom is 0.131 e. The van der Waals surface area contributed by atoms with Gasteiger partial charge in [0.25, 0.3) is 0 Å². The second kappa shape index (κ2) is 8.88. The largest absolute Gasteiger partial charge is 0.497 e. The number of rotatable bonds is 6. The summed E-state index contributed by atoms with van der Waals surface area (Å²) >= 11 is 0. The van der Waals surface area contributed by atoms with Crippen LogP contribution < -0.4 is 4.74 Å². The Bertz CT molecular complexity index is 771. The van der Waals surface area contributed by atoms with Crippen molar-refractivity contribution in [2.75, 3.05) is 13.7 Å². The molecule has 0 N–H and O–H groups in total. The highest BCUT2D eigenvalue weighted by atomic mass is 19.1. The first-order valence-corrected chi connectivity index (χ1v) is 10.2. The monoisotopic (exact) mass is 369 g/mol. The lowest BCUT2D eigenvalue weighted by Crippen LogP contribution is -2.36. The van der Waals surface area contributed by atoms with Crippen molar-refractivity contribution in [2.24, 2.45) is 5.92 Å². The molecule has 1 saturated heterocycles. The average molecular weight is 370 g/mol. The van der Waals surface area contributed by atoms with E-state index in [0.29, 0.717) is 23.3 Å². The molecule has 1 aliphatic rings. The summed E-state index contributed by atoms with van der Waals surface area (Å²) < 4.78 is 20.0. The van der Waals surface area contributed by atoms with E-state index in [1.807, 2.05) is 6.07 Å². The van der Waals surface area contributed by atoms with E-state index in [2.05, 4.69) is 43.9 Å². The summed E-state index contributed by atoms with van der Waals surface area (Å²) in [5, 5.41) is 0. The van der Waals surface area contributed by atoms with Crippen LogP contribution >= 0.6 is 0 Å². The van der Waals surface area contributed by atoms with E-state index >= 15 is 0 Å². The van der Waals surface area contributed by atoms with Crippen LogP contribution in [0, 0.1) is 11.7 Å². The van der Waals surface area contributed by atoms with Gasteiger partial charge >= 0.3 is 0 Å². The number of hydrogen-bond donors (Lipinski definition) is 0. The van der Waals surface area contributed by atoms with E-state index in [9.17, 15) is 4.39 Å². The third-order valence-corrected chi connectivity index (χ3v) is 5.59.